The molecule has 1 rings (SSSR count). The van der Waals surface area contributed by atoms with Crippen molar-refractivity contribution in [1.82, 2.24) is 0 Å². The Morgan fingerprint density at radius 3 is 2.79 bits per heavy atom. The molecule has 72 valence electrons. The highest BCUT2D eigenvalue weighted by atomic mass is 35.5. The van der Waals surface area contributed by atoms with Gasteiger partial charge in [-0.05, 0) is 30.7 Å². The number of benzene rings is 1. The Kier molecular flexibility index (Phi) is 4.14. The number of halogens is 1. The predicted octanol–water partition coefficient (Wildman–Crippen LogP) is 3.50. The molecule has 1 nitrogen and oxygen atoms in total. The first kappa shape index (κ1) is 10.7. The van der Waals surface area contributed by atoms with E-state index in [0.717, 1.165) is 5.56 Å². The average molecular weight is 207 g/mol. The summed E-state index contributed by atoms with van der Waals surface area (Å²) in [6.07, 6.45) is 6.93. The van der Waals surface area contributed by atoms with Crippen LogP contribution in [-0.2, 0) is 4.79 Å². The van der Waals surface area contributed by atoms with Crippen molar-refractivity contribution in [3.8, 4) is 0 Å². The Bertz CT molecular complexity index is 378. The number of hydrogen-bond donors (Lipinski definition) is 0. The van der Waals surface area contributed by atoms with Gasteiger partial charge in [-0.1, -0.05) is 42.0 Å². The fourth-order valence-corrected chi connectivity index (χ4v) is 1.17. The van der Waals surface area contributed by atoms with Crippen molar-refractivity contribution in [2.75, 3.05) is 0 Å². The van der Waals surface area contributed by atoms with Crippen molar-refractivity contribution in [3.63, 3.8) is 0 Å². The van der Waals surface area contributed by atoms with Gasteiger partial charge in [0.1, 0.15) is 0 Å². The molecule has 0 saturated carbocycles. The van der Waals surface area contributed by atoms with Crippen LogP contribution in [0.5, 0.6) is 0 Å². The summed E-state index contributed by atoms with van der Waals surface area (Å²) in [6.45, 7) is 1.52. The molecule has 0 amide bonds. The Balaban J connectivity index is 2.64. The SMILES string of the molecule is CC(=O)/C=C/C=C/c1cccc(Cl)c1. The van der Waals surface area contributed by atoms with E-state index in [0.29, 0.717) is 5.02 Å². The Morgan fingerprint density at radius 1 is 1.36 bits per heavy atom. The van der Waals surface area contributed by atoms with Crippen LogP contribution >= 0.6 is 11.6 Å². The summed E-state index contributed by atoms with van der Waals surface area (Å²) in [5.74, 6) is 0.0424. The highest BCUT2D eigenvalue weighted by Crippen LogP contribution is 2.11. The first-order valence-corrected chi connectivity index (χ1v) is 4.67. The van der Waals surface area contributed by atoms with Gasteiger partial charge >= 0.3 is 0 Å². The molecule has 2 heteroatoms. The maximum Gasteiger partial charge on any atom is 0.152 e. The summed E-state index contributed by atoms with van der Waals surface area (Å²) >= 11 is 5.80. The van der Waals surface area contributed by atoms with E-state index < -0.39 is 0 Å². The van der Waals surface area contributed by atoms with E-state index in [1.54, 1.807) is 6.08 Å². The van der Waals surface area contributed by atoms with Gasteiger partial charge in [0.05, 0.1) is 0 Å². The number of rotatable bonds is 3. The van der Waals surface area contributed by atoms with Crippen molar-refractivity contribution >= 4 is 23.5 Å². The molecule has 0 atom stereocenters. The zero-order chi connectivity index (χ0) is 10.4. The molecule has 0 saturated heterocycles. The lowest BCUT2D eigenvalue weighted by atomic mass is 10.2. The van der Waals surface area contributed by atoms with Crippen LogP contribution in [0.2, 0.25) is 5.02 Å². The largest absolute Gasteiger partial charge is 0.295 e. The third kappa shape index (κ3) is 4.06. The van der Waals surface area contributed by atoms with Crippen LogP contribution in [0.1, 0.15) is 12.5 Å². The second-order valence-electron chi connectivity index (χ2n) is 2.88. The van der Waals surface area contributed by atoms with Crippen LogP contribution in [0.3, 0.4) is 0 Å². The zero-order valence-corrected chi connectivity index (χ0v) is 8.66. The molecule has 0 N–H and O–H groups in total. The van der Waals surface area contributed by atoms with E-state index >= 15 is 0 Å². The van der Waals surface area contributed by atoms with Gasteiger partial charge in [-0.3, -0.25) is 4.79 Å². The molecule has 1 aromatic carbocycles. The minimum Gasteiger partial charge on any atom is -0.295 e. The standard InChI is InChI=1S/C12H11ClO/c1-10(14)5-2-3-6-11-7-4-8-12(13)9-11/h2-9H,1H3/b5-2+,6-3+. The average Bonchev–Trinajstić information content (AvgIpc) is 2.12. The summed E-state index contributed by atoms with van der Waals surface area (Å²) in [5, 5.41) is 0.711. The first-order valence-electron chi connectivity index (χ1n) is 4.29. The summed E-state index contributed by atoms with van der Waals surface area (Å²) in [4.78, 5) is 10.6. The zero-order valence-electron chi connectivity index (χ0n) is 7.91. The predicted molar refractivity (Wildman–Crippen MR) is 60.3 cm³/mol. The summed E-state index contributed by atoms with van der Waals surface area (Å²) in [5.41, 5.74) is 1.02. The molecule has 0 fully saturated rings. The molecule has 0 aliphatic heterocycles. The van der Waals surface area contributed by atoms with E-state index in [9.17, 15) is 4.79 Å². The molecule has 0 aliphatic carbocycles. The fraction of sp³-hybridized carbons (Fsp3) is 0.0833. The van der Waals surface area contributed by atoms with Gasteiger partial charge in [-0.15, -0.1) is 0 Å². The topological polar surface area (TPSA) is 17.1 Å². The van der Waals surface area contributed by atoms with Crippen LogP contribution in [0, 0.1) is 0 Å². The van der Waals surface area contributed by atoms with Gasteiger partial charge in [0.15, 0.2) is 5.78 Å². The minimum absolute atomic E-state index is 0.0424. The summed E-state index contributed by atoms with van der Waals surface area (Å²) in [6, 6.07) is 7.52. The lowest BCUT2D eigenvalue weighted by Crippen LogP contribution is -1.77. The van der Waals surface area contributed by atoms with Crippen LogP contribution < -0.4 is 0 Å². The first-order chi connectivity index (χ1) is 6.68. The van der Waals surface area contributed by atoms with Gasteiger partial charge in [0, 0.05) is 5.02 Å². The quantitative estimate of drug-likeness (QED) is 0.547. The summed E-state index contributed by atoms with van der Waals surface area (Å²) < 4.78 is 0. The van der Waals surface area contributed by atoms with Crippen molar-refractivity contribution in [3.05, 3.63) is 53.1 Å². The third-order valence-electron chi connectivity index (χ3n) is 1.58. The molecule has 0 radical (unpaired) electrons. The van der Waals surface area contributed by atoms with Crippen LogP contribution in [0.15, 0.2) is 42.5 Å². The van der Waals surface area contributed by atoms with Gasteiger partial charge in [-0.25, -0.2) is 0 Å². The molecule has 1 aromatic rings. The third-order valence-corrected chi connectivity index (χ3v) is 1.81. The molecule has 0 spiro atoms. The molecule has 0 aliphatic rings. The van der Waals surface area contributed by atoms with Gasteiger partial charge in [0.25, 0.3) is 0 Å². The smallest absolute Gasteiger partial charge is 0.152 e. The second kappa shape index (κ2) is 5.40. The van der Waals surface area contributed by atoms with Crippen molar-refractivity contribution < 1.29 is 4.79 Å². The van der Waals surface area contributed by atoms with Crippen LogP contribution in [-0.4, -0.2) is 5.78 Å². The normalized spacial score (nSPS) is 11.3. The number of carbonyl (C=O) groups is 1. The van der Waals surface area contributed by atoms with Gasteiger partial charge in [-0.2, -0.15) is 0 Å². The molecular formula is C12H11ClO. The van der Waals surface area contributed by atoms with Crippen molar-refractivity contribution in [1.29, 1.82) is 0 Å². The van der Waals surface area contributed by atoms with E-state index in [2.05, 4.69) is 0 Å². The highest BCUT2D eigenvalue weighted by molar-refractivity contribution is 6.30. The Hall–Kier alpha value is -1.34. The lowest BCUT2D eigenvalue weighted by molar-refractivity contribution is -0.112. The number of allylic oxidation sites excluding steroid dienone is 3. The molecule has 0 aromatic heterocycles. The van der Waals surface area contributed by atoms with E-state index in [1.807, 2.05) is 36.4 Å². The molecule has 0 bridgehead atoms. The fourth-order valence-electron chi connectivity index (χ4n) is 0.968. The highest BCUT2D eigenvalue weighted by Gasteiger charge is 1.87. The molecule has 0 unspecified atom stereocenters. The van der Waals surface area contributed by atoms with Crippen LogP contribution in [0.25, 0.3) is 6.08 Å². The van der Waals surface area contributed by atoms with E-state index in [1.165, 1.54) is 13.0 Å². The lowest BCUT2D eigenvalue weighted by Gasteiger charge is -1.92. The molecular weight excluding hydrogens is 196 g/mol. The number of hydrogen-bond acceptors (Lipinski definition) is 1. The van der Waals surface area contributed by atoms with Crippen LogP contribution in [0.4, 0.5) is 0 Å². The Labute approximate surface area is 88.7 Å². The maximum absolute atomic E-state index is 10.6. The second-order valence-corrected chi connectivity index (χ2v) is 3.32. The van der Waals surface area contributed by atoms with E-state index in [4.69, 9.17) is 11.6 Å². The minimum atomic E-state index is 0.0424. The molecule has 0 heterocycles. The number of carbonyl (C=O) groups excluding carboxylic acids is 1. The monoisotopic (exact) mass is 206 g/mol. The van der Waals surface area contributed by atoms with E-state index in [-0.39, 0.29) is 5.78 Å². The van der Waals surface area contributed by atoms with Crippen molar-refractivity contribution in [2.24, 2.45) is 0 Å². The maximum atomic E-state index is 10.6. The Morgan fingerprint density at radius 2 is 2.14 bits per heavy atom. The van der Waals surface area contributed by atoms with Gasteiger partial charge < -0.3 is 0 Å². The molecule has 14 heavy (non-hydrogen) atoms. The number of ketones is 1. The summed E-state index contributed by atoms with van der Waals surface area (Å²) in [7, 11) is 0. The van der Waals surface area contributed by atoms with Crippen molar-refractivity contribution in [2.45, 2.75) is 6.92 Å². The van der Waals surface area contributed by atoms with Gasteiger partial charge in [0.2, 0.25) is 0 Å².